The monoisotopic (exact) mass is 495 g/mol. The van der Waals surface area contributed by atoms with Crippen LogP contribution in [0.5, 0.6) is 0 Å². The number of nitrogens with one attached hydrogen (secondary N) is 1. The van der Waals surface area contributed by atoms with Gasteiger partial charge in [0.1, 0.15) is 0 Å². The molecule has 0 atom stereocenters. The van der Waals surface area contributed by atoms with Crippen LogP contribution in [0, 0.1) is 5.92 Å². The minimum atomic E-state index is 0.246. The lowest BCUT2D eigenvalue weighted by molar-refractivity contribution is 0.0976. The molecule has 0 aliphatic heterocycles. The van der Waals surface area contributed by atoms with Crippen molar-refractivity contribution in [2.45, 2.75) is 46.0 Å². The van der Waals surface area contributed by atoms with Crippen LogP contribution in [0.15, 0.2) is 67.0 Å². The van der Waals surface area contributed by atoms with Crippen molar-refractivity contribution in [3.8, 4) is 22.5 Å². The molecule has 37 heavy (non-hydrogen) atoms. The Morgan fingerprint density at radius 3 is 2.46 bits per heavy atom. The minimum Gasteiger partial charge on any atom is -0.367 e. The molecule has 1 aliphatic carbocycles. The maximum absolute atomic E-state index is 12.5. The van der Waals surface area contributed by atoms with Crippen molar-refractivity contribution in [3.05, 3.63) is 72.6 Å². The van der Waals surface area contributed by atoms with E-state index in [4.69, 9.17) is 9.97 Å². The Bertz CT molecular complexity index is 1320. The molecule has 6 nitrogen and oxygen atoms in total. The summed E-state index contributed by atoms with van der Waals surface area (Å²) >= 11 is 0. The van der Waals surface area contributed by atoms with E-state index in [0.717, 1.165) is 78.6 Å². The third-order valence-corrected chi connectivity index (χ3v) is 7.32. The first-order valence-corrected chi connectivity index (χ1v) is 13.7. The summed E-state index contributed by atoms with van der Waals surface area (Å²) in [5.41, 5.74) is 5.59. The number of nitrogens with zero attached hydrogens (tertiary/aromatic N) is 4. The van der Waals surface area contributed by atoms with Crippen LogP contribution < -0.4 is 5.32 Å². The van der Waals surface area contributed by atoms with E-state index >= 15 is 0 Å². The molecular formula is C31H37N5O. The topological polar surface area (TPSA) is 62.5 Å². The number of ketones is 1. The lowest BCUT2D eigenvalue weighted by atomic mass is 10.0. The number of Topliss-reactive ketones (excluding diaryl/α,β-unsaturated/α-hetero) is 1. The van der Waals surface area contributed by atoms with Crippen LogP contribution in [0.3, 0.4) is 0 Å². The predicted octanol–water partition coefficient (Wildman–Crippen LogP) is 6.58. The maximum atomic E-state index is 12.5. The number of anilines is 1. The molecular weight excluding hydrogens is 458 g/mol. The average molecular weight is 496 g/mol. The number of rotatable bonds is 13. The van der Waals surface area contributed by atoms with Crippen LogP contribution in [0.2, 0.25) is 0 Å². The van der Waals surface area contributed by atoms with E-state index < -0.39 is 0 Å². The number of aromatic nitrogens is 3. The van der Waals surface area contributed by atoms with Crippen molar-refractivity contribution in [1.29, 1.82) is 0 Å². The van der Waals surface area contributed by atoms with Crippen molar-refractivity contribution < 1.29 is 4.79 Å². The summed E-state index contributed by atoms with van der Waals surface area (Å²) in [6.07, 6.45) is 9.23. The summed E-state index contributed by atoms with van der Waals surface area (Å²) in [5.74, 6) is 1.64. The van der Waals surface area contributed by atoms with E-state index in [1.807, 2.05) is 48.7 Å². The Morgan fingerprint density at radius 1 is 1.00 bits per heavy atom. The van der Waals surface area contributed by atoms with E-state index in [2.05, 4.69) is 46.8 Å². The third kappa shape index (κ3) is 6.08. The SMILES string of the molecule is CCN(CC)CCCCNc1nc(-c2ccccc2)cn2c(-c3ccc(C(=O)CC4CC4)cc3)cnc12. The molecule has 0 spiro atoms. The van der Waals surface area contributed by atoms with Crippen LogP contribution in [0.25, 0.3) is 28.2 Å². The van der Waals surface area contributed by atoms with Gasteiger partial charge in [-0.05, 0) is 51.2 Å². The van der Waals surface area contributed by atoms with Gasteiger partial charge in [0, 0.05) is 35.9 Å². The number of unbranched alkanes of at least 4 members (excludes halogenated alkanes) is 1. The Kier molecular flexibility index (Phi) is 7.95. The molecule has 0 radical (unpaired) electrons. The molecule has 192 valence electrons. The molecule has 1 fully saturated rings. The maximum Gasteiger partial charge on any atom is 0.180 e. The number of benzene rings is 2. The number of imidazole rings is 1. The molecule has 6 heteroatoms. The molecule has 1 aliphatic rings. The van der Waals surface area contributed by atoms with Crippen LogP contribution in [-0.4, -0.2) is 51.2 Å². The van der Waals surface area contributed by atoms with Crippen LogP contribution in [0.1, 0.15) is 56.3 Å². The normalized spacial score (nSPS) is 13.4. The smallest absolute Gasteiger partial charge is 0.180 e. The molecule has 0 unspecified atom stereocenters. The summed E-state index contributed by atoms with van der Waals surface area (Å²) in [4.78, 5) is 24.7. The van der Waals surface area contributed by atoms with Gasteiger partial charge in [0.2, 0.25) is 0 Å². The summed E-state index contributed by atoms with van der Waals surface area (Å²) in [6, 6.07) is 18.2. The van der Waals surface area contributed by atoms with Crippen molar-refractivity contribution in [3.63, 3.8) is 0 Å². The highest BCUT2D eigenvalue weighted by Crippen LogP contribution is 2.34. The Balaban J connectivity index is 1.40. The van der Waals surface area contributed by atoms with Gasteiger partial charge in [0.15, 0.2) is 17.2 Å². The number of hydrogen-bond donors (Lipinski definition) is 1. The molecule has 2 aromatic heterocycles. The molecule has 1 N–H and O–H groups in total. The van der Waals surface area contributed by atoms with Gasteiger partial charge in [0.25, 0.3) is 0 Å². The van der Waals surface area contributed by atoms with Gasteiger partial charge in [-0.2, -0.15) is 0 Å². The van der Waals surface area contributed by atoms with E-state index in [0.29, 0.717) is 12.3 Å². The van der Waals surface area contributed by atoms with E-state index in [1.54, 1.807) is 0 Å². The van der Waals surface area contributed by atoms with Crippen LogP contribution in [0.4, 0.5) is 5.82 Å². The highest BCUT2D eigenvalue weighted by Gasteiger charge is 2.25. The van der Waals surface area contributed by atoms with Crippen LogP contribution >= 0.6 is 0 Å². The molecule has 0 amide bonds. The summed E-state index contributed by atoms with van der Waals surface area (Å²) < 4.78 is 2.12. The largest absolute Gasteiger partial charge is 0.367 e. The Hall–Kier alpha value is -3.51. The van der Waals surface area contributed by atoms with Crippen LogP contribution in [-0.2, 0) is 0 Å². The molecule has 0 bridgehead atoms. The lowest BCUT2D eigenvalue weighted by Crippen LogP contribution is -2.24. The highest BCUT2D eigenvalue weighted by atomic mass is 16.1. The predicted molar refractivity (Wildman–Crippen MR) is 151 cm³/mol. The first-order valence-electron chi connectivity index (χ1n) is 13.7. The van der Waals surface area contributed by atoms with Gasteiger partial charge >= 0.3 is 0 Å². The second kappa shape index (κ2) is 11.7. The average Bonchev–Trinajstić information content (AvgIpc) is 3.65. The summed E-state index contributed by atoms with van der Waals surface area (Å²) in [6.45, 7) is 8.59. The minimum absolute atomic E-state index is 0.246. The number of carbonyl (C=O) groups excluding carboxylic acids is 1. The fourth-order valence-electron chi connectivity index (χ4n) is 4.80. The van der Waals surface area contributed by atoms with Gasteiger partial charge in [-0.1, -0.05) is 68.4 Å². The number of hydrogen-bond acceptors (Lipinski definition) is 5. The second-order valence-corrected chi connectivity index (χ2v) is 9.99. The van der Waals surface area contributed by atoms with Crippen molar-refractivity contribution in [2.75, 3.05) is 31.5 Å². The molecule has 2 aromatic carbocycles. The number of fused-ring (bicyclic) bond motifs is 1. The zero-order valence-corrected chi connectivity index (χ0v) is 22.0. The summed E-state index contributed by atoms with van der Waals surface area (Å²) in [7, 11) is 0. The quantitative estimate of drug-likeness (QED) is 0.168. The van der Waals surface area contributed by atoms with Crippen molar-refractivity contribution in [1.82, 2.24) is 19.3 Å². The zero-order valence-electron chi connectivity index (χ0n) is 22.0. The van der Waals surface area contributed by atoms with Gasteiger partial charge < -0.3 is 10.2 Å². The van der Waals surface area contributed by atoms with Gasteiger partial charge in [-0.25, -0.2) is 9.97 Å². The molecule has 4 aromatic rings. The van der Waals surface area contributed by atoms with E-state index in [9.17, 15) is 4.79 Å². The second-order valence-electron chi connectivity index (χ2n) is 9.99. The first-order chi connectivity index (χ1) is 18.2. The van der Waals surface area contributed by atoms with Crippen molar-refractivity contribution in [2.24, 2.45) is 5.92 Å². The fraction of sp³-hybridized carbons (Fsp3) is 0.387. The van der Waals surface area contributed by atoms with Gasteiger partial charge in [-0.3, -0.25) is 9.20 Å². The molecule has 1 saturated carbocycles. The lowest BCUT2D eigenvalue weighted by Gasteiger charge is -2.17. The van der Waals surface area contributed by atoms with E-state index in [1.165, 1.54) is 12.8 Å². The first kappa shape index (κ1) is 25.2. The van der Waals surface area contributed by atoms with Crippen molar-refractivity contribution >= 4 is 17.2 Å². The van der Waals surface area contributed by atoms with Gasteiger partial charge in [-0.15, -0.1) is 0 Å². The highest BCUT2D eigenvalue weighted by molar-refractivity contribution is 5.96. The third-order valence-electron chi connectivity index (χ3n) is 7.32. The Labute approximate surface area is 219 Å². The Morgan fingerprint density at radius 2 is 1.76 bits per heavy atom. The molecule has 2 heterocycles. The molecule has 0 saturated heterocycles. The number of carbonyl (C=O) groups is 1. The zero-order chi connectivity index (χ0) is 25.6. The summed E-state index contributed by atoms with van der Waals surface area (Å²) in [5, 5.41) is 3.56. The fourth-order valence-corrected chi connectivity index (χ4v) is 4.80. The van der Waals surface area contributed by atoms with E-state index in [-0.39, 0.29) is 5.78 Å². The standard InChI is InChI=1S/C31H37N5O/c1-3-35(4-2)19-9-8-18-32-30-31-33-21-28(36(31)22-27(34-30)24-10-6-5-7-11-24)25-14-16-26(17-15-25)29(37)20-23-12-13-23/h5-7,10-11,14-17,21-23H,3-4,8-9,12-13,18-20H2,1-2H3,(H,32,34). The molecule has 5 rings (SSSR count). The van der Waals surface area contributed by atoms with Gasteiger partial charge in [0.05, 0.1) is 17.6 Å².